The molecule has 0 spiro atoms. The summed E-state index contributed by atoms with van der Waals surface area (Å²) in [4.78, 5) is 16.2. The van der Waals surface area contributed by atoms with Crippen LogP contribution >= 0.6 is 23.4 Å². The molecular formula is C16H9ClN4O2S. The van der Waals surface area contributed by atoms with E-state index in [1.54, 1.807) is 18.2 Å². The van der Waals surface area contributed by atoms with E-state index in [1.807, 2.05) is 18.2 Å². The summed E-state index contributed by atoms with van der Waals surface area (Å²) in [7, 11) is 0. The Kier molecular flexibility index (Phi) is 3.59. The molecule has 1 N–H and O–H groups in total. The summed E-state index contributed by atoms with van der Waals surface area (Å²) in [5.41, 5.74) is 0.858. The minimum absolute atomic E-state index is 0.0454. The van der Waals surface area contributed by atoms with Crippen LogP contribution in [0.25, 0.3) is 6.08 Å². The van der Waals surface area contributed by atoms with Gasteiger partial charge in [-0.05, 0) is 36.0 Å². The van der Waals surface area contributed by atoms with Crippen LogP contribution < -0.4 is 0 Å². The number of nitrogens with one attached hydrogen (secondary N) is 1. The van der Waals surface area contributed by atoms with Crippen molar-refractivity contribution >= 4 is 51.4 Å². The number of thioether (sulfide) groups is 1. The van der Waals surface area contributed by atoms with E-state index in [1.165, 1.54) is 29.1 Å². The Morgan fingerprint density at radius 3 is 2.83 bits per heavy atom. The number of hydrogen-bond acceptors (Lipinski definition) is 5. The monoisotopic (exact) mass is 356 g/mol. The molecule has 2 aliphatic rings. The number of hydrogen-bond donors (Lipinski definition) is 1. The first kappa shape index (κ1) is 14.9. The topological polar surface area (TPSA) is 82.0 Å². The molecule has 1 aromatic heterocycles. The van der Waals surface area contributed by atoms with Gasteiger partial charge in [-0.2, -0.15) is 15.1 Å². The average molecular weight is 357 g/mol. The van der Waals surface area contributed by atoms with Crippen LogP contribution in [0.1, 0.15) is 11.3 Å². The number of carbonyl (C=O) groups is 1. The molecule has 1 aromatic carbocycles. The van der Waals surface area contributed by atoms with Crippen LogP contribution in [-0.2, 0) is 4.79 Å². The zero-order valence-corrected chi connectivity index (χ0v) is 13.6. The third kappa shape index (κ3) is 2.47. The smallest absolute Gasteiger partial charge is 0.283 e. The lowest BCUT2D eigenvalue weighted by molar-refractivity contribution is -0.114. The largest absolute Gasteiger partial charge is 0.465 e. The number of benzene rings is 1. The molecule has 0 unspecified atom stereocenters. The van der Waals surface area contributed by atoms with Crippen molar-refractivity contribution in [3.63, 3.8) is 0 Å². The van der Waals surface area contributed by atoms with E-state index in [0.717, 1.165) is 5.56 Å². The first-order valence-corrected chi connectivity index (χ1v) is 8.11. The van der Waals surface area contributed by atoms with Crippen molar-refractivity contribution in [2.45, 2.75) is 0 Å². The zero-order chi connectivity index (χ0) is 16.7. The van der Waals surface area contributed by atoms with Gasteiger partial charge < -0.3 is 4.42 Å². The normalized spacial score (nSPS) is 18.7. The van der Waals surface area contributed by atoms with Gasteiger partial charge in [0.05, 0.1) is 16.9 Å². The van der Waals surface area contributed by atoms with E-state index in [0.29, 0.717) is 21.0 Å². The SMILES string of the molecule is N=C1C(=Cc2ccco2)C(=O)N=C2SC(c3ccccc3Cl)=NN12. The summed E-state index contributed by atoms with van der Waals surface area (Å²) >= 11 is 7.40. The van der Waals surface area contributed by atoms with Gasteiger partial charge in [0.2, 0.25) is 5.17 Å². The van der Waals surface area contributed by atoms with Crippen LogP contribution in [0.3, 0.4) is 0 Å². The average Bonchev–Trinajstić information content (AvgIpc) is 3.21. The second-order valence-corrected chi connectivity index (χ2v) is 6.28. The highest BCUT2D eigenvalue weighted by molar-refractivity contribution is 8.27. The predicted octanol–water partition coefficient (Wildman–Crippen LogP) is 3.60. The number of amides is 1. The maximum Gasteiger partial charge on any atom is 0.283 e. The molecule has 0 aliphatic carbocycles. The highest BCUT2D eigenvalue weighted by Crippen LogP contribution is 2.32. The Labute approximate surface area is 146 Å². The number of hydrazone groups is 1. The molecule has 2 aliphatic heterocycles. The summed E-state index contributed by atoms with van der Waals surface area (Å²) in [5, 5.41) is 15.5. The summed E-state index contributed by atoms with van der Waals surface area (Å²) < 4.78 is 5.20. The zero-order valence-electron chi connectivity index (χ0n) is 12.1. The van der Waals surface area contributed by atoms with Crippen molar-refractivity contribution in [2.24, 2.45) is 10.1 Å². The third-order valence-corrected chi connectivity index (χ3v) is 4.66. The molecule has 8 heteroatoms. The van der Waals surface area contributed by atoms with Crippen LogP contribution in [0, 0.1) is 5.41 Å². The van der Waals surface area contributed by atoms with Gasteiger partial charge in [0.1, 0.15) is 10.8 Å². The molecule has 2 aromatic rings. The Bertz CT molecular complexity index is 947. The predicted molar refractivity (Wildman–Crippen MR) is 94.3 cm³/mol. The minimum Gasteiger partial charge on any atom is -0.465 e. The van der Waals surface area contributed by atoms with Crippen LogP contribution in [-0.4, -0.2) is 27.0 Å². The van der Waals surface area contributed by atoms with Crippen LogP contribution in [0.15, 0.2) is 62.7 Å². The molecule has 4 rings (SSSR count). The van der Waals surface area contributed by atoms with Gasteiger partial charge in [0.25, 0.3) is 5.91 Å². The second kappa shape index (κ2) is 5.77. The molecule has 0 atom stereocenters. The van der Waals surface area contributed by atoms with E-state index in [2.05, 4.69) is 10.1 Å². The van der Waals surface area contributed by atoms with Crippen molar-refractivity contribution in [3.8, 4) is 0 Å². The van der Waals surface area contributed by atoms with E-state index in [-0.39, 0.29) is 11.4 Å². The number of carbonyl (C=O) groups excluding carboxylic acids is 1. The molecule has 0 radical (unpaired) electrons. The molecule has 1 amide bonds. The Hall–Kier alpha value is -2.64. The fourth-order valence-electron chi connectivity index (χ4n) is 2.25. The van der Waals surface area contributed by atoms with E-state index in [9.17, 15) is 4.79 Å². The van der Waals surface area contributed by atoms with Crippen molar-refractivity contribution < 1.29 is 9.21 Å². The molecule has 0 fully saturated rings. The minimum atomic E-state index is -0.495. The lowest BCUT2D eigenvalue weighted by Crippen LogP contribution is -2.35. The molecule has 0 saturated heterocycles. The number of furan rings is 1. The van der Waals surface area contributed by atoms with Crippen molar-refractivity contribution in [3.05, 3.63) is 64.6 Å². The maximum atomic E-state index is 12.2. The first-order chi connectivity index (χ1) is 11.6. The molecule has 6 nitrogen and oxygen atoms in total. The number of halogens is 1. The van der Waals surface area contributed by atoms with Gasteiger partial charge >= 0.3 is 0 Å². The molecule has 3 heterocycles. The number of rotatable bonds is 2. The maximum absolute atomic E-state index is 12.2. The summed E-state index contributed by atoms with van der Waals surface area (Å²) in [5.74, 6) is -0.0642. The first-order valence-electron chi connectivity index (χ1n) is 6.92. The van der Waals surface area contributed by atoms with Crippen LogP contribution in [0.2, 0.25) is 5.02 Å². The Morgan fingerprint density at radius 1 is 1.25 bits per heavy atom. The highest BCUT2D eigenvalue weighted by atomic mass is 35.5. The molecule has 0 saturated carbocycles. The number of nitrogens with zero attached hydrogens (tertiary/aromatic N) is 3. The fraction of sp³-hybridized carbons (Fsp3) is 0. The van der Waals surface area contributed by atoms with Gasteiger partial charge in [0, 0.05) is 5.56 Å². The Balaban J connectivity index is 1.73. The highest BCUT2D eigenvalue weighted by Gasteiger charge is 2.36. The van der Waals surface area contributed by atoms with Gasteiger partial charge in [-0.15, -0.1) is 0 Å². The number of amidine groups is 2. The number of aliphatic imine (C=N–C) groups is 1. The van der Waals surface area contributed by atoms with E-state index < -0.39 is 5.91 Å². The van der Waals surface area contributed by atoms with Crippen molar-refractivity contribution in [2.75, 3.05) is 0 Å². The summed E-state index contributed by atoms with van der Waals surface area (Å²) in [6.07, 6.45) is 2.98. The van der Waals surface area contributed by atoms with Crippen molar-refractivity contribution in [1.82, 2.24) is 5.01 Å². The van der Waals surface area contributed by atoms with E-state index in [4.69, 9.17) is 21.4 Å². The van der Waals surface area contributed by atoms with E-state index >= 15 is 0 Å². The van der Waals surface area contributed by atoms with Crippen LogP contribution in [0.5, 0.6) is 0 Å². The fourth-order valence-corrected chi connectivity index (χ4v) is 3.46. The molecule has 0 bridgehead atoms. The van der Waals surface area contributed by atoms with Crippen molar-refractivity contribution in [1.29, 1.82) is 5.41 Å². The standard InChI is InChI=1S/C16H9ClN4O2S/c17-12-6-2-1-5-10(12)15-20-21-13(18)11(8-9-4-3-7-23-9)14(22)19-16(21)24-15/h1-8,18H. The third-order valence-electron chi connectivity index (χ3n) is 3.39. The number of fused-ring (bicyclic) bond motifs is 1. The molecule has 24 heavy (non-hydrogen) atoms. The lowest BCUT2D eigenvalue weighted by atomic mass is 10.1. The van der Waals surface area contributed by atoms with Gasteiger partial charge in [0.15, 0.2) is 5.84 Å². The summed E-state index contributed by atoms with van der Waals surface area (Å²) in [6.45, 7) is 0. The van der Waals surface area contributed by atoms with Gasteiger partial charge in [-0.25, -0.2) is 0 Å². The molecule has 118 valence electrons. The quantitative estimate of drug-likeness (QED) is 0.833. The van der Waals surface area contributed by atoms with Crippen LogP contribution in [0.4, 0.5) is 0 Å². The molecular weight excluding hydrogens is 348 g/mol. The van der Waals surface area contributed by atoms with Gasteiger partial charge in [-0.1, -0.05) is 29.8 Å². The lowest BCUT2D eigenvalue weighted by Gasteiger charge is -2.19. The van der Waals surface area contributed by atoms with Gasteiger partial charge in [-0.3, -0.25) is 10.2 Å². The second-order valence-electron chi connectivity index (χ2n) is 4.92. The summed E-state index contributed by atoms with van der Waals surface area (Å²) in [6, 6.07) is 10.7. The Morgan fingerprint density at radius 2 is 2.08 bits per heavy atom.